The third kappa shape index (κ3) is 3.51. The Balaban J connectivity index is 1.62. The number of rotatable bonds is 3. The zero-order valence-electron chi connectivity index (χ0n) is 14.7. The predicted octanol–water partition coefficient (Wildman–Crippen LogP) is 5.02. The molecule has 4 aromatic rings. The molecule has 1 N–H and O–H groups in total. The molecule has 0 aliphatic rings. The van der Waals surface area contributed by atoms with Crippen molar-refractivity contribution in [3.63, 3.8) is 0 Å². The first-order valence-electron chi connectivity index (χ1n) is 8.61. The molecule has 1 aromatic heterocycles. The van der Waals surface area contributed by atoms with E-state index in [-0.39, 0.29) is 11.3 Å². The number of aryl methyl sites for hydroxylation is 1. The Hall–Kier alpha value is -3.66. The number of carbonyl (C=O) groups is 1. The number of hydrogen-bond acceptors (Lipinski definition) is 3. The lowest BCUT2D eigenvalue weighted by Gasteiger charge is -2.07. The second kappa shape index (κ2) is 6.92. The summed E-state index contributed by atoms with van der Waals surface area (Å²) in [6.07, 6.45) is 0. The minimum Gasteiger partial charge on any atom is -0.456 e. The van der Waals surface area contributed by atoms with Gasteiger partial charge in [0.2, 0.25) is 0 Å². The van der Waals surface area contributed by atoms with E-state index >= 15 is 0 Å². The first kappa shape index (κ1) is 16.8. The molecule has 4 heteroatoms. The normalized spacial score (nSPS) is 10.7. The molecule has 0 aliphatic carbocycles. The molecule has 0 bridgehead atoms. The lowest BCUT2D eigenvalue weighted by molar-refractivity contribution is 0.102. The number of hydrogen-bond donors (Lipinski definition) is 1. The zero-order valence-corrected chi connectivity index (χ0v) is 14.7. The molecule has 0 radical (unpaired) electrons. The largest absolute Gasteiger partial charge is 0.456 e. The van der Waals surface area contributed by atoms with Gasteiger partial charge >= 0.3 is 0 Å². The van der Waals surface area contributed by atoms with Gasteiger partial charge < -0.3 is 9.73 Å². The Morgan fingerprint density at radius 1 is 0.889 bits per heavy atom. The van der Waals surface area contributed by atoms with Crippen LogP contribution < -0.4 is 10.7 Å². The molecule has 1 amide bonds. The second-order valence-electron chi connectivity index (χ2n) is 6.37. The van der Waals surface area contributed by atoms with Crippen LogP contribution in [0.25, 0.3) is 22.3 Å². The fraction of sp³-hybridized carbons (Fsp3) is 0.0435. The Kier molecular flexibility index (Phi) is 4.30. The molecule has 3 aromatic carbocycles. The fourth-order valence-electron chi connectivity index (χ4n) is 2.92. The minimum absolute atomic E-state index is 0.0825. The summed E-state index contributed by atoms with van der Waals surface area (Å²) in [7, 11) is 0. The number of benzene rings is 3. The van der Waals surface area contributed by atoms with Gasteiger partial charge in [0.1, 0.15) is 11.3 Å². The molecule has 0 fully saturated rings. The van der Waals surface area contributed by atoms with Crippen LogP contribution in [-0.4, -0.2) is 5.91 Å². The molecule has 0 atom stereocenters. The van der Waals surface area contributed by atoms with Crippen LogP contribution in [0.5, 0.6) is 0 Å². The highest BCUT2D eigenvalue weighted by Gasteiger charge is 2.10. The van der Waals surface area contributed by atoms with Crippen LogP contribution in [0.1, 0.15) is 15.9 Å². The van der Waals surface area contributed by atoms with E-state index in [0.717, 1.165) is 16.8 Å². The van der Waals surface area contributed by atoms with E-state index in [4.69, 9.17) is 4.42 Å². The second-order valence-corrected chi connectivity index (χ2v) is 6.37. The first-order chi connectivity index (χ1) is 13.1. The molecule has 0 saturated heterocycles. The van der Waals surface area contributed by atoms with Crippen molar-refractivity contribution in [2.75, 3.05) is 5.32 Å². The van der Waals surface area contributed by atoms with Crippen LogP contribution in [0.3, 0.4) is 0 Å². The van der Waals surface area contributed by atoms with Gasteiger partial charge in [-0.15, -0.1) is 0 Å². The molecule has 0 unspecified atom stereocenters. The van der Waals surface area contributed by atoms with Crippen molar-refractivity contribution in [2.45, 2.75) is 6.92 Å². The maximum atomic E-state index is 12.4. The highest BCUT2D eigenvalue weighted by atomic mass is 16.3. The topological polar surface area (TPSA) is 59.3 Å². The molecule has 1 heterocycles. The van der Waals surface area contributed by atoms with Gasteiger partial charge in [0.25, 0.3) is 5.91 Å². The van der Waals surface area contributed by atoms with E-state index in [9.17, 15) is 9.59 Å². The van der Waals surface area contributed by atoms with Crippen molar-refractivity contribution in [1.82, 2.24) is 0 Å². The van der Waals surface area contributed by atoms with Crippen LogP contribution in [-0.2, 0) is 0 Å². The van der Waals surface area contributed by atoms with Gasteiger partial charge in [-0.1, -0.05) is 42.0 Å². The predicted molar refractivity (Wildman–Crippen MR) is 107 cm³/mol. The van der Waals surface area contributed by atoms with Crippen molar-refractivity contribution in [3.8, 4) is 11.3 Å². The Morgan fingerprint density at radius 2 is 1.63 bits per heavy atom. The van der Waals surface area contributed by atoms with E-state index < -0.39 is 0 Å². The third-order valence-electron chi connectivity index (χ3n) is 4.35. The standard InChI is InChI=1S/C23H17NO3/c1-15-7-12-21-19(13-15)20(25)14-22(27-21)16-8-10-17(11-9-16)23(26)24-18-5-3-2-4-6-18/h2-14H,1H3,(H,24,26). The molecule has 4 rings (SSSR count). The molecule has 132 valence electrons. The third-order valence-corrected chi connectivity index (χ3v) is 4.35. The van der Waals surface area contributed by atoms with Gasteiger partial charge in [0.15, 0.2) is 5.43 Å². The van der Waals surface area contributed by atoms with Crippen LogP contribution in [0, 0.1) is 6.92 Å². The summed E-state index contributed by atoms with van der Waals surface area (Å²) in [5, 5.41) is 3.41. The van der Waals surface area contributed by atoms with Crippen molar-refractivity contribution in [2.24, 2.45) is 0 Å². The molecular weight excluding hydrogens is 338 g/mol. The summed E-state index contributed by atoms with van der Waals surface area (Å²) in [5.41, 5.74) is 3.49. The Morgan fingerprint density at radius 3 is 2.37 bits per heavy atom. The number of nitrogens with one attached hydrogen (secondary N) is 1. The highest BCUT2D eigenvalue weighted by Crippen LogP contribution is 2.23. The summed E-state index contributed by atoms with van der Waals surface area (Å²) in [6.45, 7) is 1.94. The minimum atomic E-state index is -0.191. The quantitative estimate of drug-likeness (QED) is 0.561. The number of para-hydroxylation sites is 1. The van der Waals surface area contributed by atoms with E-state index in [1.165, 1.54) is 6.07 Å². The molecule has 0 aliphatic heterocycles. The average Bonchev–Trinajstić information content (AvgIpc) is 2.69. The highest BCUT2D eigenvalue weighted by molar-refractivity contribution is 6.04. The van der Waals surface area contributed by atoms with E-state index in [0.29, 0.717) is 22.3 Å². The van der Waals surface area contributed by atoms with E-state index in [1.54, 1.807) is 30.3 Å². The van der Waals surface area contributed by atoms with Crippen LogP contribution in [0.4, 0.5) is 5.69 Å². The SMILES string of the molecule is Cc1ccc2oc(-c3ccc(C(=O)Nc4ccccc4)cc3)cc(=O)c2c1. The fourth-order valence-corrected chi connectivity index (χ4v) is 2.92. The first-order valence-corrected chi connectivity index (χ1v) is 8.61. The smallest absolute Gasteiger partial charge is 0.255 e. The van der Waals surface area contributed by atoms with Gasteiger partial charge in [-0.2, -0.15) is 0 Å². The Bertz CT molecular complexity index is 1180. The zero-order chi connectivity index (χ0) is 18.8. The van der Waals surface area contributed by atoms with Crippen LogP contribution in [0.15, 0.2) is 88.1 Å². The molecular formula is C23H17NO3. The number of carbonyl (C=O) groups excluding carboxylic acids is 1. The van der Waals surface area contributed by atoms with Gasteiger partial charge in [-0.05, 0) is 43.3 Å². The van der Waals surface area contributed by atoms with Gasteiger partial charge in [0.05, 0.1) is 5.39 Å². The van der Waals surface area contributed by atoms with Gasteiger partial charge in [-0.25, -0.2) is 0 Å². The van der Waals surface area contributed by atoms with Gasteiger partial charge in [0, 0.05) is 22.9 Å². The molecule has 4 nitrogen and oxygen atoms in total. The summed E-state index contributed by atoms with van der Waals surface area (Å²) < 4.78 is 5.88. The van der Waals surface area contributed by atoms with Crippen LogP contribution >= 0.6 is 0 Å². The maximum Gasteiger partial charge on any atom is 0.255 e. The van der Waals surface area contributed by atoms with Crippen molar-refractivity contribution in [1.29, 1.82) is 0 Å². The average molecular weight is 355 g/mol. The lowest BCUT2D eigenvalue weighted by atomic mass is 10.1. The summed E-state index contributed by atoms with van der Waals surface area (Å²) in [4.78, 5) is 24.7. The summed E-state index contributed by atoms with van der Waals surface area (Å²) >= 11 is 0. The molecule has 27 heavy (non-hydrogen) atoms. The van der Waals surface area contributed by atoms with Crippen molar-refractivity contribution < 1.29 is 9.21 Å². The van der Waals surface area contributed by atoms with E-state index in [1.807, 2.05) is 49.4 Å². The maximum absolute atomic E-state index is 12.4. The number of amides is 1. The summed E-state index contributed by atoms with van der Waals surface area (Å²) in [5.74, 6) is 0.287. The number of anilines is 1. The van der Waals surface area contributed by atoms with Crippen molar-refractivity contribution >= 4 is 22.6 Å². The van der Waals surface area contributed by atoms with Crippen molar-refractivity contribution in [3.05, 3.63) is 100 Å². The van der Waals surface area contributed by atoms with Crippen LogP contribution in [0.2, 0.25) is 0 Å². The van der Waals surface area contributed by atoms with Gasteiger partial charge in [-0.3, -0.25) is 9.59 Å². The number of fused-ring (bicyclic) bond motifs is 1. The Labute approximate surface area is 156 Å². The lowest BCUT2D eigenvalue weighted by Crippen LogP contribution is -2.11. The molecule has 0 saturated carbocycles. The van der Waals surface area contributed by atoms with E-state index in [2.05, 4.69) is 5.32 Å². The monoisotopic (exact) mass is 355 g/mol. The molecule has 0 spiro atoms. The summed E-state index contributed by atoms with van der Waals surface area (Å²) in [6, 6.07) is 23.3.